The quantitative estimate of drug-likeness (QED) is 0.234. The number of benzene rings is 1. The summed E-state index contributed by atoms with van der Waals surface area (Å²) in [6.07, 6.45) is 6.77. The van der Waals surface area contributed by atoms with Gasteiger partial charge in [-0.3, -0.25) is 19.3 Å². The molecule has 3 heterocycles. The van der Waals surface area contributed by atoms with E-state index in [1.54, 1.807) is 0 Å². The Kier molecular flexibility index (Phi) is 11.1. The van der Waals surface area contributed by atoms with Gasteiger partial charge in [0, 0.05) is 51.1 Å². The van der Waals surface area contributed by atoms with Gasteiger partial charge in [0.2, 0.25) is 18.6 Å². The maximum absolute atomic E-state index is 13.8. The van der Waals surface area contributed by atoms with E-state index in [0.717, 1.165) is 68.3 Å². The van der Waals surface area contributed by atoms with Crippen molar-refractivity contribution in [3.63, 3.8) is 0 Å². The van der Waals surface area contributed by atoms with Crippen molar-refractivity contribution >= 4 is 17.8 Å². The number of quaternary nitrogens is 1. The molecule has 0 spiro atoms. The lowest BCUT2D eigenvalue weighted by Gasteiger charge is -2.30. The Hall–Kier alpha value is -2.85. The van der Waals surface area contributed by atoms with Crippen molar-refractivity contribution in [2.75, 3.05) is 73.7 Å². The Morgan fingerprint density at radius 2 is 1.83 bits per heavy atom. The zero-order chi connectivity index (χ0) is 30.3. The molecule has 1 aromatic carbocycles. The van der Waals surface area contributed by atoms with Gasteiger partial charge >= 0.3 is 5.97 Å². The lowest BCUT2D eigenvalue weighted by Crippen LogP contribution is -2.45. The van der Waals surface area contributed by atoms with Gasteiger partial charge < -0.3 is 28.9 Å². The third-order valence-electron chi connectivity index (χ3n) is 8.94. The number of fused-ring (bicyclic) bond motifs is 1. The van der Waals surface area contributed by atoms with E-state index < -0.39 is 11.9 Å². The van der Waals surface area contributed by atoms with Gasteiger partial charge in [0.25, 0.3) is 0 Å². The minimum Gasteiger partial charge on any atom is -0.481 e. The van der Waals surface area contributed by atoms with Crippen LogP contribution in [0.1, 0.15) is 69.8 Å². The second-order valence-electron chi connectivity index (χ2n) is 13.2. The van der Waals surface area contributed by atoms with Gasteiger partial charge in [-0.25, -0.2) is 0 Å². The minimum atomic E-state index is -0.849. The number of rotatable bonds is 16. The van der Waals surface area contributed by atoms with Crippen molar-refractivity contribution in [3.05, 3.63) is 23.8 Å². The number of carbonyl (C=O) groups is 3. The number of likely N-dealkylation sites (tertiary alicyclic amines) is 2. The van der Waals surface area contributed by atoms with Crippen LogP contribution in [0.4, 0.5) is 0 Å². The summed E-state index contributed by atoms with van der Waals surface area (Å²) in [6, 6.07) is 5.38. The molecule has 3 unspecified atom stereocenters. The molecule has 4 rings (SSSR count). The minimum absolute atomic E-state index is 0.0731. The molecule has 0 aliphatic carbocycles. The molecule has 2 saturated heterocycles. The zero-order valence-corrected chi connectivity index (χ0v) is 26.1. The van der Waals surface area contributed by atoms with Crippen molar-refractivity contribution in [3.8, 4) is 11.5 Å². The Bertz CT molecular complexity index is 1090. The number of carbonyl (C=O) groups excluding carboxylic acids is 2. The first-order valence-corrected chi connectivity index (χ1v) is 15.8. The van der Waals surface area contributed by atoms with Crippen LogP contribution in [0.2, 0.25) is 0 Å². The molecule has 10 heteroatoms. The number of hydrogen-bond acceptors (Lipinski definition) is 6. The topological polar surface area (TPSA) is 99.6 Å². The van der Waals surface area contributed by atoms with Crippen LogP contribution in [0.5, 0.6) is 11.5 Å². The SMILES string of the molecule is CCCCN(CCCC[N+](C)(C)C)C(=O)CN1CC(c2ccc3c(c2)OCO3)C(C(=O)O)C1CCCN1CCCC1=O. The number of amides is 2. The molecular formula is C32H51N4O6+. The molecule has 42 heavy (non-hydrogen) atoms. The van der Waals surface area contributed by atoms with Crippen LogP contribution in [0.3, 0.4) is 0 Å². The summed E-state index contributed by atoms with van der Waals surface area (Å²) in [7, 11) is 6.55. The molecule has 0 radical (unpaired) electrons. The molecule has 1 aromatic rings. The van der Waals surface area contributed by atoms with Gasteiger partial charge in [-0.15, -0.1) is 0 Å². The van der Waals surface area contributed by atoms with Crippen molar-refractivity contribution in [1.82, 2.24) is 14.7 Å². The molecule has 2 fully saturated rings. The number of aliphatic carboxylic acids is 1. The monoisotopic (exact) mass is 587 g/mol. The molecular weight excluding hydrogens is 536 g/mol. The van der Waals surface area contributed by atoms with Gasteiger partial charge in [0.1, 0.15) is 0 Å². The summed E-state index contributed by atoms with van der Waals surface area (Å²) in [4.78, 5) is 44.8. The smallest absolute Gasteiger partial charge is 0.308 e. The average Bonchev–Trinajstić information content (AvgIpc) is 3.66. The molecule has 0 bridgehead atoms. The average molecular weight is 588 g/mol. The maximum Gasteiger partial charge on any atom is 0.308 e. The van der Waals surface area contributed by atoms with Crippen LogP contribution in [0, 0.1) is 5.92 Å². The molecule has 234 valence electrons. The van der Waals surface area contributed by atoms with Gasteiger partial charge in [-0.1, -0.05) is 19.4 Å². The van der Waals surface area contributed by atoms with E-state index in [1.165, 1.54) is 0 Å². The highest BCUT2D eigenvalue weighted by Crippen LogP contribution is 2.43. The van der Waals surface area contributed by atoms with Gasteiger partial charge in [-0.05, 0) is 56.2 Å². The lowest BCUT2D eigenvalue weighted by atomic mass is 9.83. The second kappa shape index (κ2) is 14.6. The van der Waals surface area contributed by atoms with Crippen molar-refractivity contribution < 1.29 is 33.4 Å². The van der Waals surface area contributed by atoms with E-state index >= 15 is 0 Å². The van der Waals surface area contributed by atoms with Crippen LogP contribution in [-0.2, 0) is 14.4 Å². The van der Waals surface area contributed by atoms with Crippen LogP contribution < -0.4 is 9.47 Å². The van der Waals surface area contributed by atoms with Gasteiger partial charge in [0.05, 0.1) is 40.2 Å². The summed E-state index contributed by atoms with van der Waals surface area (Å²) in [6.45, 7) is 6.89. The molecule has 3 aliphatic heterocycles. The normalized spacial score (nSPS) is 22.2. The van der Waals surface area contributed by atoms with Crippen LogP contribution in [-0.4, -0.2) is 122 Å². The van der Waals surface area contributed by atoms with Crippen molar-refractivity contribution in [2.45, 2.75) is 70.3 Å². The molecule has 0 saturated carbocycles. The number of hydrogen-bond donors (Lipinski definition) is 1. The Morgan fingerprint density at radius 3 is 2.52 bits per heavy atom. The van der Waals surface area contributed by atoms with Crippen LogP contribution >= 0.6 is 0 Å². The zero-order valence-electron chi connectivity index (χ0n) is 26.1. The predicted molar refractivity (Wildman–Crippen MR) is 160 cm³/mol. The first-order valence-electron chi connectivity index (χ1n) is 15.8. The van der Waals surface area contributed by atoms with Gasteiger partial charge in [-0.2, -0.15) is 0 Å². The fourth-order valence-corrected chi connectivity index (χ4v) is 6.64. The van der Waals surface area contributed by atoms with Crippen LogP contribution in [0.25, 0.3) is 0 Å². The third kappa shape index (κ3) is 8.37. The Labute approximate surface area is 251 Å². The molecule has 0 aromatic heterocycles. The number of carboxylic acids is 1. The maximum atomic E-state index is 13.8. The molecule has 3 aliphatic rings. The van der Waals surface area contributed by atoms with E-state index in [0.29, 0.717) is 43.9 Å². The fraction of sp³-hybridized carbons (Fsp3) is 0.719. The van der Waals surface area contributed by atoms with Gasteiger partial charge in [0.15, 0.2) is 11.5 Å². The highest BCUT2D eigenvalue weighted by atomic mass is 16.7. The standard InChI is InChI=1S/C32H50N4O6/c1-5-6-15-34(16-7-8-19-36(2,3)4)30(38)22-35-21-25(24-13-14-27-28(20-24)42-23-41-27)31(32(39)40)26(35)11-9-17-33-18-10-12-29(33)37/h13-14,20,25-26,31H,5-12,15-19,21-23H2,1-4H3/p+1. The first-order chi connectivity index (χ1) is 20.1. The van der Waals surface area contributed by atoms with E-state index in [9.17, 15) is 19.5 Å². The summed E-state index contributed by atoms with van der Waals surface area (Å²) in [5.41, 5.74) is 0.893. The van der Waals surface area contributed by atoms with Crippen molar-refractivity contribution in [2.24, 2.45) is 5.92 Å². The van der Waals surface area contributed by atoms with Crippen molar-refractivity contribution in [1.29, 1.82) is 0 Å². The number of nitrogens with zero attached hydrogens (tertiary/aromatic N) is 4. The second-order valence-corrected chi connectivity index (χ2v) is 13.2. The molecule has 10 nitrogen and oxygen atoms in total. The number of unbranched alkanes of at least 4 members (excludes halogenated alkanes) is 2. The Morgan fingerprint density at radius 1 is 1.07 bits per heavy atom. The molecule has 2 amide bonds. The Balaban J connectivity index is 1.50. The largest absolute Gasteiger partial charge is 0.481 e. The first kappa shape index (κ1) is 32.1. The molecule has 1 N–H and O–H groups in total. The highest BCUT2D eigenvalue weighted by molar-refractivity contribution is 5.79. The fourth-order valence-electron chi connectivity index (χ4n) is 6.64. The summed E-state index contributed by atoms with van der Waals surface area (Å²) < 4.78 is 12.0. The lowest BCUT2D eigenvalue weighted by molar-refractivity contribution is -0.870. The number of carboxylic acid groups (broad SMARTS) is 1. The summed E-state index contributed by atoms with van der Waals surface area (Å²) >= 11 is 0. The summed E-state index contributed by atoms with van der Waals surface area (Å²) in [5, 5.41) is 10.5. The van der Waals surface area contributed by atoms with E-state index in [4.69, 9.17) is 9.47 Å². The summed E-state index contributed by atoms with van der Waals surface area (Å²) in [5.74, 6) is -0.243. The molecule has 3 atom stereocenters. The number of ether oxygens (including phenoxy) is 2. The van der Waals surface area contributed by atoms with E-state index in [-0.39, 0.29) is 37.1 Å². The van der Waals surface area contributed by atoms with E-state index in [2.05, 4.69) is 33.0 Å². The van der Waals surface area contributed by atoms with Crippen LogP contribution in [0.15, 0.2) is 18.2 Å². The highest BCUT2D eigenvalue weighted by Gasteiger charge is 2.47. The van der Waals surface area contributed by atoms with E-state index in [1.807, 2.05) is 28.0 Å². The third-order valence-corrected chi connectivity index (χ3v) is 8.94. The predicted octanol–water partition coefficient (Wildman–Crippen LogP) is 3.40.